The van der Waals surface area contributed by atoms with Crippen molar-refractivity contribution >= 4 is 45.6 Å². The number of aliphatic carboxylic acids is 1. The molecule has 0 spiro atoms. The van der Waals surface area contributed by atoms with E-state index in [1.165, 1.54) is 17.4 Å². The molecule has 1 heterocycles. The number of amides is 1. The van der Waals surface area contributed by atoms with Gasteiger partial charge in [-0.2, -0.15) is 0 Å². The van der Waals surface area contributed by atoms with E-state index in [2.05, 4.69) is 5.32 Å². The third kappa shape index (κ3) is 6.34. The highest BCUT2D eigenvalue weighted by atomic mass is 35.5. The van der Waals surface area contributed by atoms with E-state index in [1.807, 2.05) is 17.5 Å². The summed E-state index contributed by atoms with van der Waals surface area (Å²) in [5, 5.41) is 15.1. The van der Waals surface area contributed by atoms with Crippen LogP contribution in [0.25, 0.3) is 11.3 Å². The van der Waals surface area contributed by atoms with Crippen LogP contribution in [0.2, 0.25) is 5.02 Å². The Morgan fingerprint density at radius 3 is 2.35 bits per heavy atom. The third-order valence-corrected chi connectivity index (χ3v) is 6.90. The van der Waals surface area contributed by atoms with Crippen LogP contribution >= 0.6 is 22.9 Å². The molecule has 0 aliphatic rings. The molecular weight excluding hydrogens is 513 g/mol. The molecule has 0 bridgehead atoms. The zero-order chi connectivity index (χ0) is 26.5. The Balaban J connectivity index is 1.59. The molecule has 0 fully saturated rings. The Hall–Kier alpha value is -3.75. The molecule has 1 atom stereocenters. The Bertz CT molecular complexity index is 1390. The molecule has 9 heteroatoms. The Labute approximate surface area is 223 Å². The predicted octanol–water partition coefficient (Wildman–Crippen LogP) is 6.78. The summed E-state index contributed by atoms with van der Waals surface area (Å²) >= 11 is 7.40. The SMILES string of the molecule is CC(C)C(NC(=O)c1ccc(CN(c2nc(-c3ccc(Cl)cc3)cs2)c2ccccc2F)cc1)C(=O)O. The number of thiazole rings is 1. The van der Waals surface area contributed by atoms with Crippen molar-refractivity contribution in [3.05, 3.63) is 100 Å². The van der Waals surface area contributed by atoms with E-state index in [0.29, 0.717) is 27.9 Å². The summed E-state index contributed by atoms with van der Waals surface area (Å²) in [6.07, 6.45) is 0. The number of nitrogens with zero attached hydrogens (tertiary/aromatic N) is 2. The lowest BCUT2D eigenvalue weighted by molar-refractivity contribution is -0.140. The molecule has 1 amide bonds. The van der Waals surface area contributed by atoms with Crippen molar-refractivity contribution in [3.63, 3.8) is 0 Å². The third-order valence-electron chi connectivity index (χ3n) is 5.78. The van der Waals surface area contributed by atoms with E-state index in [0.717, 1.165) is 16.8 Å². The molecule has 0 radical (unpaired) electrons. The quantitative estimate of drug-likeness (QED) is 0.246. The van der Waals surface area contributed by atoms with Crippen molar-refractivity contribution in [1.82, 2.24) is 10.3 Å². The van der Waals surface area contributed by atoms with Crippen LogP contribution in [-0.2, 0) is 11.3 Å². The second kappa shape index (κ2) is 11.5. The van der Waals surface area contributed by atoms with Crippen molar-refractivity contribution in [2.24, 2.45) is 5.92 Å². The monoisotopic (exact) mass is 537 g/mol. The van der Waals surface area contributed by atoms with Gasteiger partial charge in [0.15, 0.2) is 5.13 Å². The van der Waals surface area contributed by atoms with E-state index >= 15 is 0 Å². The molecule has 4 rings (SSSR count). The fourth-order valence-electron chi connectivity index (χ4n) is 3.75. The van der Waals surface area contributed by atoms with Gasteiger partial charge >= 0.3 is 5.97 Å². The summed E-state index contributed by atoms with van der Waals surface area (Å²) in [7, 11) is 0. The van der Waals surface area contributed by atoms with Crippen LogP contribution in [0, 0.1) is 11.7 Å². The van der Waals surface area contributed by atoms with Crippen LogP contribution in [0.15, 0.2) is 78.2 Å². The number of aromatic nitrogens is 1. The van der Waals surface area contributed by atoms with Gasteiger partial charge in [-0.25, -0.2) is 14.2 Å². The minimum Gasteiger partial charge on any atom is -0.480 e. The predicted molar refractivity (Wildman–Crippen MR) is 145 cm³/mol. The fourth-order valence-corrected chi connectivity index (χ4v) is 4.72. The number of hydrogen-bond donors (Lipinski definition) is 2. The number of carboxylic acids is 1. The molecule has 1 aromatic heterocycles. The molecule has 37 heavy (non-hydrogen) atoms. The number of halogens is 2. The van der Waals surface area contributed by atoms with Gasteiger partial charge in [-0.15, -0.1) is 11.3 Å². The summed E-state index contributed by atoms with van der Waals surface area (Å²) in [5.74, 6) is -2.19. The largest absolute Gasteiger partial charge is 0.480 e. The van der Waals surface area contributed by atoms with Crippen LogP contribution in [0.4, 0.5) is 15.2 Å². The van der Waals surface area contributed by atoms with Crippen molar-refractivity contribution in [2.75, 3.05) is 4.90 Å². The Morgan fingerprint density at radius 1 is 1.05 bits per heavy atom. The Kier molecular flexibility index (Phi) is 8.21. The normalized spacial score (nSPS) is 11.8. The highest BCUT2D eigenvalue weighted by Gasteiger charge is 2.24. The molecule has 0 saturated heterocycles. The van der Waals surface area contributed by atoms with Crippen molar-refractivity contribution in [2.45, 2.75) is 26.4 Å². The average Bonchev–Trinajstić information content (AvgIpc) is 3.36. The number of benzene rings is 3. The molecule has 2 N–H and O–H groups in total. The van der Waals surface area contributed by atoms with Crippen LogP contribution in [0.1, 0.15) is 29.8 Å². The molecule has 1 unspecified atom stereocenters. The number of nitrogens with one attached hydrogen (secondary N) is 1. The zero-order valence-corrected chi connectivity index (χ0v) is 21.8. The van der Waals surface area contributed by atoms with Crippen molar-refractivity contribution < 1.29 is 19.1 Å². The number of carbonyl (C=O) groups is 2. The molecule has 4 aromatic rings. The smallest absolute Gasteiger partial charge is 0.326 e. The maximum Gasteiger partial charge on any atom is 0.326 e. The van der Waals surface area contributed by atoms with Crippen LogP contribution in [0.3, 0.4) is 0 Å². The van der Waals surface area contributed by atoms with Gasteiger partial charge in [0.2, 0.25) is 0 Å². The van der Waals surface area contributed by atoms with E-state index in [1.54, 1.807) is 73.3 Å². The number of carboxylic acid groups (broad SMARTS) is 1. The topological polar surface area (TPSA) is 82.5 Å². The van der Waals surface area contributed by atoms with Gasteiger partial charge < -0.3 is 15.3 Å². The van der Waals surface area contributed by atoms with Gasteiger partial charge in [0, 0.05) is 21.5 Å². The lowest BCUT2D eigenvalue weighted by Gasteiger charge is -2.23. The van der Waals surface area contributed by atoms with Gasteiger partial charge in [-0.3, -0.25) is 4.79 Å². The highest BCUT2D eigenvalue weighted by Crippen LogP contribution is 2.35. The first-order valence-corrected chi connectivity index (χ1v) is 12.8. The minimum absolute atomic E-state index is 0.258. The molecular formula is C28H25ClFN3O3S. The lowest BCUT2D eigenvalue weighted by Crippen LogP contribution is -2.44. The summed E-state index contributed by atoms with van der Waals surface area (Å²) < 4.78 is 14.8. The number of rotatable bonds is 9. The maximum absolute atomic E-state index is 14.8. The van der Waals surface area contributed by atoms with E-state index in [9.17, 15) is 19.1 Å². The van der Waals surface area contributed by atoms with Crippen LogP contribution < -0.4 is 10.2 Å². The van der Waals surface area contributed by atoms with Crippen LogP contribution in [-0.4, -0.2) is 28.0 Å². The number of hydrogen-bond acceptors (Lipinski definition) is 5. The molecule has 0 saturated carbocycles. The fraction of sp³-hybridized carbons (Fsp3) is 0.179. The molecule has 0 aliphatic heterocycles. The maximum atomic E-state index is 14.8. The minimum atomic E-state index is -1.08. The summed E-state index contributed by atoms with van der Waals surface area (Å²) in [6.45, 7) is 3.77. The van der Waals surface area contributed by atoms with Crippen molar-refractivity contribution in [1.29, 1.82) is 0 Å². The average molecular weight is 538 g/mol. The summed E-state index contributed by atoms with van der Waals surface area (Å²) in [4.78, 5) is 30.6. The first kappa shape index (κ1) is 26.3. The van der Waals surface area contributed by atoms with Gasteiger partial charge in [-0.1, -0.05) is 61.8 Å². The standard InChI is InChI=1S/C28H25ClFN3O3S/c1-17(2)25(27(35)36)32-26(34)20-9-7-18(8-10-20)15-33(24-6-4-3-5-22(24)30)28-31-23(16-37-28)19-11-13-21(29)14-12-19/h3-14,16-17,25H,15H2,1-2H3,(H,32,34)(H,35,36). The van der Waals surface area contributed by atoms with Gasteiger partial charge in [-0.05, 0) is 47.9 Å². The molecule has 190 valence electrons. The van der Waals surface area contributed by atoms with Gasteiger partial charge in [0.25, 0.3) is 5.91 Å². The number of anilines is 2. The molecule has 6 nitrogen and oxygen atoms in total. The first-order valence-electron chi connectivity index (χ1n) is 11.6. The second-order valence-electron chi connectivity index (χ2n) is 8.79. The molecule has 3 aromatic carbocycles. The first-order chi connectivity index (χ1) is 17.7. The van der Waals surface area contributed by atoms with Gasteiger partial charge in [0.1, 0.15) is 11.9 Å². The van der Waals surface area contributed by atoms with Crippen LogP contribution in [0.5, 0.6) is 0 Å². The Morgan fingerprint density at radius 2 is 1.73 bits per heavy atom. The highest BCUT2D eigenvalue weighted by molar-refractivity contribution is 7.14. The number of carbonyl (C=O) groups excluding carboxylic acids is 1. The molecule has 0 aliphatic carbocycles. The summed E-state index contributed by atoms with van der Waals surface area (Å²) in [5.41, 5.74) is 3.19. The number of para-hydroxylation sites is 1. The van der Waals surface area contributed by atoms with Gasteiger partial charge in [0.05, 0.1) is 17.9 Å². The summed E-state index contributed by atoms with van der Waals surface area (Å²) in [6, 6.07) is 19.6. The van der Waals surface area contributed by atoms with E-state index in [-0.39, 0.29) is 11.7 Å². The van der Waals surface area contributed by atoms with E-state index in [4.69, 9.17) is 16.6 Å². The second-order valence-corrected chi connectivity index (χ2v) is 10.1. The van der Waals surface area contributed by atoms with E-state index < -0.39 is 17.9 Å². The zero-order valence-electron chi connectivity index (χ0n) is 20.2. The lowest BCUT2D eigenvalue weighted by atomic mass is 10.0. The van der Waals surface area contributed by atoms with Crippen molar-refractivity contribution in [3.8, 4) is 11.3 Å².